The molecule has 0 saturated heterocycles. The predicted octanol–water partition coefficient (Wildman–Crippen LogP) is 10.3. The Morgan fingerprint density at radius 1 is 0.514 bits per heavy atom. The monoisotopic (exact) mass is 543 g/mol. The van der Waals surface area contributed by atoms with E-state index in [1.165, 1.54) is 33.6 Å². The summed E-state index contributed by atoms with van der Waals surface area (Å²) in [5.74, 6) is 1.84. The Morgan fingerprint density at radius 3 is 1.08 bits per heavy atom. The summed E-state index contributed by atoms with van der Waals surface area (Å²) in [6, 6.07) is 22.5. The van der Waals surface area contributed by atoms with E-state index in [1.54, 1.807) is 12.1 Å². The summed E-state index contributed by atoms with van der Waals surface area (Å²) >= 11 is 0. The predicted molar refractivity (Wildman–Crippen MR) is 157 cm³/mol. The van der Waals surface area contributed by atoms with Gasteiger partial charge >= 0.3 is 17.1 Å². The molecule has 0 spiro atoms. The molecule has 0 unspecified atom stereocenters. The summed E-state index contributed by atoms with van der Waals surface area (Å²) < 4.78 is 0. The normalized spacial score (nSPS) is 12.9. The molecule has 3 aromatic rings. The van der Waals surface area contributed by atoms with Crippen molar-refractivity contribution in [2.45, 2.75) is 79.1 Å². The van der Waals surface area contributed by atoms with Crippen molar-refractivity contribution >= 4 is 17.1 Å². The smallest absolute Gasteiger partial charge is 0.699 e. The molecule has 0 amide bonds. The second kappa shape index (κ2) is 13.7. The zero-order chi connectivity index (χ0) is 26.4. The molecule has 3 aromatic carbocycles. The second-order valence-corrected chi connectivity index (χ2v) is 10.7. The number of rotatable bonds is 6. The number of nitrogens with zero attached hydrogens (tertiary/aromatic N) is 2. The number of hydrogen-bond acceptors (Lipinski definition) is 2. The average molecular weight is 544 g/mol. The van der Waals surface area contributed by atoms with E-state index in [-0.39, 0.29) is 17.1 Å². The molecular weight excluding hydrogens is 502 g/mol. The molecule has 4 heteroatoms. The third-order valence-electron chi connectivity index (χ3n) is 6.52. The van der Waals surface area contributed by atoms with E-state index in [1.807, 2.05) is 18.2 Å². The molecule has 2 radical (unpaired) electrons. The minimum Gasteiger partial charge on any atom is -0.699 e. The Hall–Kier alpha value is -2.68. The van der Waals surface area contributed by atoms with Gasteiger partial charge in [0.05, 0.1) is 11.4 Å². The minimum absolute atomic E-state index is 0. The summed E-state index contributed by atoms with van der Waals surface area (Å²) in [6.45, 7) is 21.8. The molecular formula is C33H42CuN3. The van der Waals surface area contributed by atoms with Crippen LogP contribution in [0.3, 0.4) is 0 Å². The molecule has 1 aliphatic rings. The Labute approximate surface area is 236 Å². The Balaban J connectivity index is 0.000000520. The van der Waals surface area contributed by atoms with Crippen molar-refractivity contribution < 1.29 is 17.1 Å². The number of para-hydroxylation sites is 2. The SMILES string of the molecule is CC(C)c1cccc(C(C)C)c1N1[C]N(c2c(C(C)C)cccc2C(C)C)C=C1.[Cu+].[NH-]c1ccccc1. The molecule has 3 nitrogen and oxygen atoms in total. The molecule has 200 valence electrons. The molecule has 1 aliphatic heterocycles. The topological polar surface area (TPSA) is 30.3 Å². The molecule has 0 aromatic heterocycles. The van der Waals surface area contributed by atoms with Gasteiger partial charge in [0.2, 0.25) is 6.67 Å². The van der Waals surface area contributed by atoms with Crippen LogP contribution in [0.5, 0.6) is 0 Å². The fourth-order valence-electron chi connectivity index (χ4n) is 4.58. The first-order valence-corrected chi connectivity index (χ1v) is 13.2. The van der Waals surface area contributed by atoms with Crippen molar-refractivity contribution in [1.29, 1.82) is 0 Å². The van der Waals surface area contributed by atoms with Crippen LogP contribution in [0.15, 0.2) is 79.1 Å². The second-order valence-electron chi connectivity index (χ2n) is 10.7. The van der Waals surface area contributed by atoms with Crippen LogP contribution >= 0.6 is 0 Å². The summed E-state index contributed by atoms with van der Waals surface area (Å²) in [5, 5.41) is 0. The molecule has 37 heavy (non-hydrogen) atoms. The number of benzene rings is 3. The zero-order valence-corrected chi connectivity index (χ0v) is 24.5. The maximum Gasteiger partial charge on any atom is 1.00 e. The maximum atomic E-state index is 7.00. The van der Waals surface area contributed by atoms with Gasteiger partial charge in [0.1, 0.15) is 0 Å². The van der Waals surface area contributed by atoms with E-state index in [9.17, 15) is 0 Å². The van der Waals surface area contributed by atoms with Gasteiger partial charge in [-0.05, 0) is 45.9 Å². The largest absolute Gasteiger partial charge is 1.00 e. The molecule has 4 rings (SSSR count). The molecule has 0 aliphatic carbocycles. The van der Waals surface area contributed by atoms with E-state index in [0.29, 0.717) is 29.4 Å². The summed E-state index contributed by atoms with van der Waals surface area (Å²) in [5.41, 5.74) is 15.6. The van der Waals surface area contributed by atoms with Crippen molar-refractivity contribution in [3.63, 3.8) is 0 Å². The third kappa shape index (κ3) is 7.43. The number of nitrogens with one attached hydrogen (secondary N) is 1. The van der Waals surface area contributed by atoms with Crippen LogP contribution in [-0.2, 0) is 17.1 Å². The Bertz CT molecular complexity index is 1030. The van der Waals surface area contributed by atoms with Crippen LogP contribution in [0.25, 0.3) is 5.73 Å². The minimum atomic E-state index is 0. The summed E-state index contributed by atoms with van der Waals surface area (Å²) in [7, 11) is 0. The quantitative estimate of drug-likeness (QED) is 0.289. The number of hydrogen-bond donors (Lipinski definition) is 0. The van der Waals surface area contributed by atoms with Gasteiger partial charge in [-0.15, -0.1) is 5.69 Å². The number of anilines is 2. The van der Waals surface area contributed by atoms with Gasteiger partial charge in [0.15, 0.2) is 0 Å². The van der Waals surface area contributed by atoms with Crippen molar-refractivity contribution in [3.05, 3.63) is 114 Å². The zero-order valence-electron chi connectivity index (χ0n) is 23.5. The summed E-state index contributed by atoms with van der Waals surface area (Å²) in [6.07, 6.45) is 4.32. The first kappa shape index (κ1) is 30.5. The van der Waals surface area contributed by atoms with Crippen LogP contribution in [-0.4, -0.2) is 0 Å². The standard InChI is InChI=1S/C27H36N2.C6H6N.Cu/c1-18(2)22-11-9-12-23(19(3)4)26(22)28-15-16-29(17-28)27-24(20(5)6)13-10-14-25(27)21(7)8;7-6-4-2-1-3-5-6;/h9-16,18-21H,1-8H3;1-5,7H;/q;-1;+1. The molecule has 0 saturated carbocycles. The Kier molecular flexibility index (Phi) is 11.3. The van der Waals surface area contributed by atoms with Gasteiger partial charge in [0.25, 0.3) is 0 Å². The van der Waals surface area contributed by atoms with Crippen LogP contribution in [0, 0.1) is 6.67 Å². The molecule has 0 atom stereocenters. The van der Waals surface area contributed by atoms with Gasteiger partial charge in [-0.3, -0.25) is 0 Å². The van der Waals surface area contributed by atoms with Gasteiger partial charge in [-0.2, -0.15) is 0 Å². The third-order valence-corrected chi connectivity index (χ3v) is 6.52. The Morgan fingerprint density at radius 2 is 0.838 bits per heavy atom. The van der Waals surface area contributed by atoms with Crippen molar-refractivity contribution in [2.24, 2.45) is 0 Å². The average Bonchev–Trinajstić information content (AvgIpc) is 3.33. The van der Waals surface area contributed by atoms with Crippen LogP contribution < -0.4 is 9.80 Å². The van der Waals surface area contributed by atoms with E-state index in [2.05, 4.69) is 121 Å². The fourth-order valence-corrected chi connectivity index (χ4v) is 4.58. The van der Waals surface area contributed by atoms with Crippen LogP contribution in [0.1, 0.15) is 101 Å². The molecule has 1 heterocycles. The van der Waals surface area contributed by atoms with Crippen molar-refractivity contribution in [2.75, 3.05) is 9.80 Å². The first-order chi connectivity index (χ1) is 17.1. The summed E-state index contributed by atoms with van der Waals surface area (Å²) in [4.78, 5) is 4.40. The first-order valence-electron chi connectivity index (χ1n) is 13.2. The van der Waals surface area contributed by atoms with Gasteiger partial charge < -0.3 is 15.5 Å². The fraction of sp³-hybridized carbons (Fsp3) is 0.364. The van der Waals surface area contributed by atoms with Crippen molar-refractivity contribution in [3.8, 4) is 0 Å². The van der Waals surface area contributed by atoms with E-state index in [4.69, 9.17) is 5.73 Å². The van der Waals surface area contributed by atoms with Gasteiger partial charge in [-0.25, -0.2) is 0 Å². The van der Waals surface area contributed by atoms with Crippen LogP contribution in [0.2, 0.25) is 0 Å². The molecule has 0 bridgehead atoms. The van der Waals surface area contributed by atoms with Crippen molar-refractivity contribution in [1.82, 2.24) is 0 Å². The van der Waals surface area contributed by atoms with Gasteiger partial charge in [0, 0.05) is 12.4 Å². The van der Waals surface area contributed by atoms with Crippen LogP contribution in [0.4, 0.5) is 17.1 Å². The maximum absolute atomic E-state index is 7.00. The van der Waals surface area contributed by atoms with E-state index >= 15 is 0 Å². The van der Waals surface area contributed by atoms with Gasteiger partial charge in [-0.1, -0.05) is 122 Å². The van der Waals surface area contributed by atoms with E-state index in [0.717, 1.165) is 0 Å². The molecule has 1 N–H and O–H groups in total. The van der Waals surface area contributed by atoms with E-state index < -0.39 is 0 Å². The molecule has 0 fully saturated rings.